The molecule has 2 aliphatic rings. The first-order valence-corrected chi connectivity index (χ1v) is 10.3. The maximum Gasteiger partial charge on any atom is 0.267 e. The van der Waals surface area contributed by atoms with Crippen molar-refractivity contribution in [3.8, 4) is 5.82 Å². The first kappa shape index (κ1) is 16.6. The maximum atomic E-state index is 12.3. The van der Waals surface area contributed by atoms with Gasteiger partial charge < -0.3 is 5.32 Å². The molecule has 5 rings (SSSR count). The normalized spacial score (nSPS) is 21.9. The molecule has 2 aliphatic carbocycles. The summed E-state index contributed by atoms with van der Waals surface area (Å²) in [5.74, 6) is 0.615. The minimum atomic E-state index is -0.0633. The van der Waals surface area contributed by atoms with Gasteiger partial charge in [-0.25, -0.2) is 19.3 Å². The quantitative estimate of drug-likeness (QED) is 0.744. The second kappa shape index (κ2) is 6.88. The SMILES string of the molecule is O=c1ccc(-n2cncn2)nn1C1CCC(Nc2nc3c(s2)CCC3)CC1. The summed E-state index contributed by atoms with van der Waals surface area (Å²) >= 11 is 1.81. The third-order valence-corrected chi connectivity index (χ3v) is 6.52. The van der Waals surface area contributed by atoms with E-state index in [-0.39, 0.29) is 11.6 Å². The van der Waals surface area contributed by atoms with Gasteiger partial charge in [0.1, 0.15) is 12.7 Å². The molecular weight excluding hydrogens is 362 g/mol. The molecule has 0 unspecified atom stereocenters. The highest BCUT2D eigenvalue weighted by Crippen LogP contribution is 2.33. The molecule has 8 nitrogen and oxygen atoms in total. The van der Waals surface area contributed by atoms with Crippen molar-refractivity contribution in [3.05, 3.63) is 45.7 Å². The van der Waals surface area contributed by atoms with E-state index in [1.807, 2.05) is 11.3 Å². The van der Waals surface area contributed by atoms with E-state index >= 15 is 0 Å². The fourth-order valence-corrected chi connectivity index (χ4v) is 5.14. The largest absolute Gasteiger partial charge is 0.359 e. The molecule has 0 saturated heterocycles. The van der Waals surface area contributed by atoms with E-state index < -0.39 is 0 Å². The van der Waals surface area contributed by atoms with Gasteiger partial charge in [-0.2, -0.15) is 5.10 Å². The van der Waals surface area contributed by atoms with E-state index in [4.69, 9.17) is 4.98 Å². The second-order valence-corrected chi connectivity index (χ2v) is 8.29. The molecule has 1 N–H and O–H groups in total. The van der Waals surface area contributed by atoms with Crippen LogP contribution in [0.15, 0.2) is 29.6 Å². The number of hydrogen-bond acceptors (Lipinski definition) is 7. The standard InChI is InChI=1S/C18H21N7OS/c26-17-9-8-16(24-11-19-10-20-24)23-25(17)13-6-4-12(5-7-13)21-18-22-14-2-1-3-15(14)27-18/h8-13H,1-7H2,(H,21,22). The predicted molar refractivity (Wildman–Crippen MR) is 102 cm³/mol. The van der Waals surface area contributed by atoms with Crippen molar-refractivity contribution in [2.24, 2.45) is 0 Å². The van der Waals surface area contributed by atoms with Crippen LogP contribution in [0.3, 0.4) is 0 Å². The van der Waals surface area contributed by atoms with Gasteiger partial charge in [0, 0.05) is 17.0 Å². The van der Waals surface area contributed by atoms with Crippen LogP contribution >= 0.6 is 11.3 Å². The number of aryl methyl sites for hydroxylation is 2. The summed E-state index contributed by atoms with van der Waals surface area (Å²) in [6.07, 6.45) is 10.5. The molecule has 1 saturated carbocycles. The van der Waals surface area contributed by atoms with Crippen molar-refractivity contribution in [2.75, 3.05) is 5.32 Å². The molecule has 0 amide bonds. The number of fused-ring (bicyclic) bond motifs is 1. The number of nitrogens with zero attached hydrogens (tertiary/aromatic N) is 6. The molecule has 140 valence electrons. The number of aromatic nitrogens is 6. The van der Waals surface area contributed by atoms with Gasteiger partial charge in [0.15, 0.2) is 10.9 Å². The predicted octanol–water partition coefficient (Wildman–Crippen LogP) is 2.37. The highest BCUT2D eigenvalue weighted by Gasteiger charge is 2.25. The Labute approximate surface area is 160 Å². The van der Waals surface area contributed by atoms with Crippen LogP contribution in [0.1, 0.15) is 48.7 Å². The summed E-state index contributed by atoms with van der Waals surface area (Å²) in [6, 6.07) is 3.79. The van der Waals surface area contributed by atoms with Crippen LogP contribution in [0.2, 0.25) is 0 Å². The van der Waals surface area contributed by atoms with Gasteiger partial charge in [-0.1, -0.05) is 0 Å². The van der Waals surface area contributed by atoms with Crippen LogP contribution in [0.5, 0.6) is 0 Å². The number of nitrogens with one attached hydrogen (secondary N) is 1. The molecule has 3 aromatic rings. The molecule has 0 spiro atoms. The Kier molecular flexibility index (Phi) is 4.23. The van der Waals surface area contributed by atoms with Crippen LogP contribution in [0.4, 0.5) is 5.13 Å². The van der Waals surface area contributed by atoms with Gasteiger partial charge in [0.2, 0.25) is 0 Å². The third kappa shape index (κ3) is 3.27. The lowest BCUT2D eigenvalue weighted by atomic mass is 9.91. The zero-order valence-electron chi connectivity index (χ0n) is 14.9. The van der Waals surface area contributed by atoms with Gasteiger partial charge in [-0.3, -0.25) is 4.79 Å². The van der Waals surface area contributed by atoms with Gasteiger partial charge in [0.05, 0.1) is 11.7 Å². The summed E-state index contributed by atoms with van der Waals surface area (Å²) in [6.45, 7) is 0. The smallest absolute Gasteiger partial charge is 0.267 e. The lowest BCUT2D eigenvalue weighted by Gasteiger charge is -2.29. The lowest BCUT2D eigenvalue weighted by Crippen LogP contribution is -2.33. The molecular formula is C18H21N7OS. The van der Waals surface area contributed by atoms with E-state index in [0.29, 0.717) is 11.9 Å². The van der Waals surface area contributed by atoms with Gasteiger partial charge in [-0.15, -0.1) is 16.4 Å². The van der Waals surface area contributed by atoms with Crippen molar-refractivity contribution in [1.29, 1.82) is 0 Å². The van der Waals surface area contributed by atoms with E-state index in [1.165, 1.54) is 29.7 Å². The van der Waals surface area contributed by atoms with Crippen molar-refractivity contribution in [2.45, 2.75) is 57.0 Å². The van der Waals surface area contributed by atoms with E-state index in [9.17, 15) is 4.79 Å². The summed E-state index contributed by atoms with van der Waals surface area (Å²) in [7, 11) is 0. The van der Waals surface area contributed by atoms with E-state index in [0.717, 1.165) is 37.2 Å². The Morgan fingerprint density at radius 1 is 1.15 bits per heavy atom. The molecule has 0 atom stereocenters. The number of anilines is 1. The second-order valence-electron chi connectivity index (χ2n) is 7.21. The van der Waals surface area contributed by atoms with Crippen molar-refractivity contribution in [1.82, 2.24) is 29.5 Å². The molecule has 9 heteroatoms. The topological polar surface area (TPSA) is 90.5 Å². The van der Waals surface area contributed by atoms with Crippen LogP contribution in [0, 0.1) is 0 Å². The highest BCUT2D eigenvalue weighted by atomic mass is 32.1. The average Bonchev–Trinajstić information content (AvgIpc) is 3.40. The monoisotopic (exact) mass is 383 g/mol. The summed E-state index contributed by atoms with van der Waals surface area (Å²) in [5.41, 5.74) is 1.23. The number of rotatable bonds is 4. The van der Waals surface area contributed by atoms with Crippen molar-refractivity contribution >= 4 is 16.5 Å². The Bertz CT molecular complexity index is 964. The highest BCUT2D eigenvalue weighted by molar-refractivity contribution is 7.15. The van der Waals surface area contributed by atoms with Crippen molar-refractivity contribution in [3.63, 3.8) is 0 Å². The molecule has 0 aromatic carbocycles. The Morgan fingerprint density at radius 3 is 2.81 bits per heavy atom. The van der Waals surface area contributed by atoms with Gasteiger partial charge >= 0.3 is 0 Å². The van der Waals surface area contributed by atoms with Crippen LogP contribution < -0.4 is 10.9 Å². The van der Waals surface area contributed by atoms with Gasteiger partial charge in [0.25, 0.3) is 5.56 Å². The molecule has 0 aliphatic heterocycles. The Morgan fingerprint density at radius 2 is 2.04 bits per heavy atom. The average molecular weight is 383 g/mol. The maximum absolute atomic E-state index is 12.3. The van der Waals surface area contributed by atoms with Crippen LogP contribution in [0.25, 0.3) is 5.82 Å². The van der Waals surface area contributed by atoms with Gasteiger partial charge in [-0.05, 0) is 51.0 Å². The van der Waals surface area contributed by atoms with Crippen LogP contribution in [-0.2, 0) is 12.8 Å². The van der Waals surface area contributed by atoms with E-state index in [2.05, 4.69) is 20.5 Å². The number of hydrogen-bond donors (Lipinski definition) is 1. The Hall–Kier alpha value is -2.55. The summed E-state index contributed by atoms with van der Waals surface area (Å²) < 4.78 is 3.19. The van der Waals surface area contributed by atoms with Crippen molar-refractivity contribution < 1.29 is 0 Å². The lowest BCUT2D eigenvalue weighted by molar-refractivity contribution is 0.303. The molecule has 3 aromatic heterocycles. The molecule has 3 heterocycles. The molecule has 1 fully saturated rings. The zero-order valence-corrected chi connectivity index (χ0v) is 15.7. The fourth-order valence-electron chi connectivity index (χ4n) is 4.02. The van der Waals surface area contributed by atoms with E-state index in [1.54, 1.807) is 27.8 Å². The minimum absolute atomic E-state index is 0.0633. The third-order valence-electron chi connectivity index (χ3n) is 5.43. The summed E-state index contributed by atoms with van der Waals surface area (Å²) in [4.78, 5) is 22.5. The molecule has 27 heavy (non-hydrogen) atoms. The number of thiazole rings is 1. The Balaban J connectivity index is 1.26. The zero-order chi connectivity index (χ0) is 18.2. The first-order valence-electron chi connectivity index (χ1n) is 9.46. The molecule has 0 bridgehead atoms. The van der Waals surface area contributed by atoms with Crippen LogP contribution in [-0.4, -0.2) is 35.6 Å². The first-order chi connectivity index (χ1) is 13.3. The fraction of sp³-hybridized carbons (Fsp3) is 0.500. The summed E-state index contributed by atoms with van der Waals surface area (Å²) in [5, 5.41) is 13.3. The molecule has 0 radical (unpaired) electrons. The minimum Gasteiger partial charge on any atom is -0.359 e.